The van der Waals surface area contributed by atoms with Gasteiger partial charge < -0.3 is 5.32 Å². The monoisotopic (exact) mass is 249 g/mol. The third-order valence-electron chi connectivity index (χ3n) is 6.03. The van der Waals surface area contributed by atoms with Crippen molar-refractivity contribution in [1.29, 1.82) is 0 Å². The Morgan fingerprint density at radius 3 is 2.33 bits per heavy atom. The summed E-state index contributed by atoms with van der Waals surface area (Å²) in [6.07, 6.45) is 11.7. The molecular formula is C17H31N. The summed E-state index contributed by atoms with van der Waals surface area (Å²) in [6, 6.07) is 0.870. The van der Waals surface area contributed by atoms with E-state index in [1.165, 1.54) is 38.6 Å². The number of unbranched alkanes of at least 4 members (excludes halogenated alkanes) is 2. The lowest BCUT2D eigenvalue weighted by Crippen LogP contribution is -2.34. The van der Waals surface area contributed by atoms with Crippen molar-refractivity contribution in [1.82, 2.24) is 5.32 Å². The summed E-state index contributed by atoms with van der Waals surface area (Å²) < 4.78 is 0. The quantitative estimate of drug-likeness (QED) is 0.635. The Balaban J connectivity index is 1.53. The lowest BCUT2D eigenvalue weighted by atomic mass is 9.94. The van der Waals surface area contributed by atoms with Crippen molar-refractivity contribution in [3.05, 3.63) is 0 Å². The fraction of sp³-hybridized carbons (Fsp3) is 1.00. The smallest absolute Gasteiger partial charge is 0.0101 e. The molecular weight excluding hydrogens is 218 g/mol. The van der Waals surface area contributed by atoms with Crippen molar-refractivity contribution in [3.8, 4) is 0 Å². The third kappa shape index (κ3) is 2.24. The van der Waals surface area contributed by atoms with E-state index < -0.39 is 0 Å². The highest BCUT2D eigenvalue weighted by Gasteiger charge is 2.66. The molecule has 0 saturated heterocycles. The van der Waals surface area contributed by atoms with Crippen LogP contribution in [0.15, 0.2) is 0 Å². The first-order chi connectivity index (χ1) is 8.86. The minimum absolute atomic E-state index is 0.870. The molecule has 5 unspecified atom stereocenters. The van der Waals surface area contributed by atoms with E-state index in [-0.39, 0.29) is 0 Å². The Morgan fingerprint density at radius 1 is 1.00 bits per heavy atom. The summed E-state index contributed by atoms with van der Waals surface area (Å²) in [5.41, 5.74) is 0. The van der Waals surface area contributed by atoms with Crippen molar-refractivity contribution < 1.29 is 0 Å². The zero-order valence-corrected chi connectivity index (χ0v) is 12.3. The molecule has 0 radical (unpaired) electrons. The average Bonchev–Trinajstić information content (AvgIpc) is 2.81. The second kappa shape index (κ2) is 5.53. The maximum atomic E-state index is 3.89. The van der Waals surface area contributed by atoms with Crippen molar-refractivity contribution >= 4 is 0 Å². The number of hydrogen-bond acceptors (Lipinski definition) is 1. The SMILES string of the molecule is CCCCCC(NCCC)C1C2C3CCC(C3)C21. The molecule has 0 aliphatic heterocycles. The van der Waals surface area contributed by atoms with E-state index in [0.29, 0.717) is 0 Å². The van der Waals surface area contributed by atoms with Gasteiger partial charge in [0.1, 0.15) is 0 Å². The van der Waals surface area contributed by atoms with Crippen LogP contribution in [0.25, 0.3) is 0 Å². The van der Waals surface area contributed by atoms with Crippen molar-refractivity contribution in [3.63, 3.8) is 0 Å². The number of fused-ring (bicyclic) bond motifs is 5. The van der Waals surface area contributed by atoms with Gasteiger partial charge in [-0.2, -0.15) is 0 Å². The van der Waals surface area contributed by atoms with Gasteiger partial charge in [-0.15, -0.1) is 0 Å². The second-order valence-corrected chi connectivity index (χ2v) is 7.12. The Morgan fingerprint density at radius 2 is 1.72 bits per heavy atom. The van der Waals surface area contributed by atoms with E-state index in [0.717, 1.165) is 35.6 Å². The van der Waals surface area contributed by atoms with Crippen LogP contribution in [-0.4, -0.2) is 12.6 Å². The van der Waals surface area contributed by atoms with Gasteiger partial charge in [-0.3, -0.25) is 0 Å². The van der Waals surface area contributed by atoms with Gasteiger partial charge in [0.15, 0.2) is 0 Å². The number of nitrogens with one attached hydrogen (secondary N) is 1. The molecule has 0 aromatic heterocycles. The largest absolute Gasteiger partial charge is 0.314 e. The molecule has 0 aromatic rings. The first-order valence-electron chi connectivity index (χ1n) is 8.60. The normalized spacial score (nSPS) is 42.0. The lowest BCUT2D eigenvalue weighted by Gasteiger charge is -2.22. The van der Waals surface area contributed by atoms with Gasteiger partial charge in [-0.05, 0) is 68.2 Å². The predicted octanol–water partition coefficient (Wildman–Crippen LogP) is 4.23. The van der Waals surface area contributed by atoms with E-state index in [9.17, 15) is 0 Å². The molecule has 3 rings (SSSR count). The second-order valence-electron chi connectivity index (χ2n) is 7.12. The Hall–Kier alpha value is -0.0400. The highest BCUT2D eigenvalue weighted by Crippen LogP contribution is 2.70. The predicted molar refractivity (Wildman–Crippen MR) is 77.5 cm³/mol. The van der Waals surface area contributed by atoms with Crippen LogP contribution in [0.2, 0.25) is 0 Å². The summed E-state index contributed by atoms with van der Waals surface area (Å²) in [6.45, 7) is 5.86. The molecule has 1 nitrogen and oxygen atoms in total. The van der Waals surface area contributed by atoms with E-state index >= 15 is 0 Å². The van der Waals surface area contributed by atoms with Gasteiger partial charge in [0.05, 0.1) is 0 Å². The molecule has 5 atom stereocenters. The first kappa shape index (κ1) is 13.0. The van der Waals surface area contributed by atoms with Gasteiger partial charge >= 0.3 is 0 Å². The van der Waals surface area contributed by atoms with Crippen LogP contribution in [0, 0.1) is 29.6 Å². The molecule has 0 spiro atoms. The molecule has 18 heavy (non-hydrogen) atoms. The lowest BCUT2D eigenvalue weighted by molar-refractivity contribution is 0.341. The van der Waals surface area contributed by atoms with E-state index in [1.54, 1.807) is 19.3 Å². The molecule has 0 aromatic carbocycles. The fourth-order valence-electron chi connectivity index (χ4n) is 5.30. The van der Waals surface area contributed by atoms with Crippen LogP contribution < -0.4 is 5.32 Å². The van der Waals surface area contributed by atoms with Crippen LogP contribution in [0.3, 0.4) is 0 Å². The molecule has 3 aliphatic carbocycles. The highest BCUT2D eigenvalue weighted by atomic mass is 14.9. The molecule has 0 amide bonds. The summed E-state index contributed by atoms with van der Waals surface area (Å²) in [5.74, 6) is 5.67. The van der Waals surface area contributed by atoms with Crippen molar-refractivity contribution in [2.45, 2.75) is 71.3 Å². The van der Waals surface area contributed by atoms with Gasteiger partial charge in [0.2, 0.25) is 0 Å². The standard InChI is InChI=1S/C17H31N/c1-3-5-6-7-14(18-10-4-2)17-15-12-8-9-13(11-12)16(15)17/h12-18H,3-11H2,1-2H3. The molecule has 1 heteroatoms. The zero-order valence-electron chi connectivity index (χ0n) is 12.3. The Bertz CT molecular complexity index is 259. The topological polar surface area (TPSA) is 12.0 Å². The van der Waals surface area contributed by atoms with Gasteiger partial charge in [-0.1, -0.05) is 33.1 Å². The summed E-state index contributed by atoms with van der Waals surface area (Å²) in [5, 5.41) is 3.89. The third-order valence-corrected chi connectivity index (χ3v) is 6.03. The van der Waals surface area contributed by atoms with Crippen LogP contribution in [0.4, 0.5) is 0 Å². The minimum Gasteiger partial charge on any atom is -0.314 e. The van der Waals surface area contributed by atoms with Crippen LogP contribution in [0.1, 0.15) is 65.2 Å². The summed E-state index contributed by atoms with van der Waals surface area (Å²) in [4.78, 5) is 0. The van der Waals surface area contributed by atoms with Gasteiger partial charge in [0, 0.05) is 6.04 Å². The van der Waals surface area contributed by atoms with E-state index in [2.05, 4.69) is 19.2 Å². The highest BCUT2D eigenvalue weighted by molar-refractivity contribution is 5.15. The van der Waals surface area contributed by atoms with E-state index in [4.69, 9.17) is 0 Å². The summed E-state index contributed by atoms with van der Waals surface area (Å²) in [7, 11) is 0. The number of hydrogen-bond donors (Lipinski definition) is 1. The molecule has 104 valence electrons. The van der Waals surface area contributed by atoms with Crippen LogP contribution >= 0.6 is 0 Å². The van der Waals surface area contributed by atoms with Crippen LogP contribution in [0.5, 0.6) is 0 Å². The van der Waals surface area contributed by atoms with Gasteiger partial charge in [0.25, 0.3) is 0 Å². The molecule has 2 bridgehead atoms. The van der Waals surface area contributed by atoms with Gasteiger partial charge in [-0.25, -0.2) is 0 Å². The first-order valence-corrected chi connectivity index (χ1v) is 8.60. The van der Waals surface area contributed by atoms with Crippen molar-refractivity contribution in [2.24, 2.45) is 29.6 Å². The maximum absolute atomic E-state index is 3.89. The maximum Gasteiger partial charge on any atom is 0.0101 e. The zero-order chi connectivity index (χ0) is 12.5. The molecule has 0 heterocycles. The fourth-order valence-corrected chi connectivity index (χ4v) is 5.30. The summed E-state index contributed by atoms with van der Waals surface area (Å²) >= 11 is 0. The molecule has 1 N–H and O–H groups in total. The van der Waals surface area contributed by atoms with E-state index in [1.807, 2.05) is 0 Å². The average molecular weight is 249 g/mol. The Kier molecular flexibility index (Phi) is 3.98. The Labute approximate surface area is 113 Å². The van der Waals surface area contributed by atoms with Crippen molar-refractivity contribution in [2.75, 3.05) is 6.54 Å². The molecule has 3 saturated carbocycles. The minimum atomic E-state index is 0.870. The van der Waals surface area contributed by atoms with Crippen LogP contribution in [-0.2, 0) is 0 Å². The molecule has 3 fully saturated rings. The number of rotatable bonds is 8. The molecule has 3 aliphatic rings.